The Balaban J connectivity index is 0. The first kappa shape index (κ1) is 45.1. The fraction of sp³-hybridized carbons (Fsp3) is 0.400. The SMILES string of the molecule is C=CCC(=O)C(F)(F)F.CC(F)(F)C(=O)C(C)(F)F.CC(F)(F)C(=O)C(F)(F)c1ccccc1.CC(F)(F)C(=O)Cc1ccccc1. The molecular formula is C30H29F13O4. The summed E-state index contributed by atoms with van der Waals surface area (Å²) in [5.41, 5.74) is -0.106. The highest BCUT2D eigenvalue weighted by Gasteiger charge is 2.52. The lowest BCUT2D eigenvalue weighted by molar-refractivity contribution is -0.170. The number of halogens is 13. The molecule has 0 aliphatic rings. The van der Waals surface area contributed by atoms with E-state index >= 15 is 0 Å². The summed E-state index contributed by atoms with van der Waals surface area (Å²) >= 11 is 0. The number of rotatable bonds is 10. The van der Waals surface area contributed by atoms with Gasteiger partial charge in [0.2, 0.25) is 11.6 Å². The Labute approximate surface area is 260 Å². The number of alkyl halides is 13. The van der Waals surface area contributed by atoms with Gasteiger partial charge in [0.25, 0.3) is 11.6 Å². The number of benzene rings is 2. The number of hydrogen-bond acceptors (Lipinski definition) is 4. The van der Waals surface area contributed by atoms with Crippen molar-refractivity contribution >= 4 is 23.1 Å². The van der Waals surface area contributed by atoms with Crippen LogP contribution in [-0.2, 0) is 31.5 Å². The summed E-state index contributed by atoms with van der Waals surface area (Å²) in [5, 5.41) is 0. The van der Waals surface area contributed by atoms with E-state index in [0.717, 1.165) is 18.2 Å². The van der Waals surface area contributed by atoms with Crippen LogP contribution in [0.25, 0.3) is 0 Å². The molecule has 2 rings (SSSR count). The summed E-state index contributed by atoms with van der Waals surface area (Å²) in [5.74, 6) is -26.8. The van der Waals surface area contributed by atoms with Crippen molar-refractivity contribution in [3.05, 3.63) is 84.4 Å². The normalized spacial score (nSPS) is 12.1. The van der Waals surface area contributed by atoms with Gasteiger partial charge in [-0.05, 0) is 5.56 Å². The average molecular weight is 701 g/mol. The lowest BCUT2D eigenvalue weighted by Gasteiger charge is -2.18. The van der Waals surface area contributed by atoms with Crippen LogP contribution in [0.1, 0.15) is 45.2 Å². The second-order valence-corrected chi connectivity index (χ2v) is 9.65. The Bertz CT molecular complexity index is 1280. The molecule has 2 aromatic rings. The number of carbonyl (C=O) groups excluding carboxylic acids is 4. The van der Waals surface area contributed by atoms with Crippen molar-refractivity contribution in [2.75, 3.05) is 0 Å². The molecule has 2 aromatic carbocycles. The summed E-state index contributed by atoms with van der Waals surface area (Å²) < 4.78 is 157. The molecule has 4 nitrogen and oxygen atoms in total. The fourth-order valence-electron chi connectivity index (χ4n) is 2.62. The first-order valence-electron chi connectivity index (χ1n) is 12.7. The third kappa shape index (κ3) is 18.0. The Morgan fingerprint density at radius 3 is 1.17 bits per heavy atom. The van der Waals surface area contributed by atoms with Crippen LogP contribution in [0, 0.1) is 0 Å². The molecule has 0 fully saturated rings. The lowest BCUT2D eigenvalue weighted by Crippen LogP contribution is -2.38. The van der Waals surface area contributed by atoms with Crippen LogP contribution in [0.2, 0.25) is 0 Å². The highest BCUT2D eigenvalue weighted by Crippen LogP contribution is 2.34. The van der Waals surface area contributed by atoms with Crippen LogP contribution in [0.4, 0.5) is 57.1 Å². The second kappa shape index (κ2) is 17.8. The van der Waals surface area contributed by atoms with Crippen LogP contribution in [0.5, 0.6) is 0 Å². The highest BCUT2D eigenvalue weighted by atomic mass is 19.4. The third-order valence-electron chi connectivity index (χ3n) is 4.96. The Hall–Kier alpha value is -4.05. The summed E-state index contributed by atoms with van der Waals surface area (Å²) in [6.07, 6.45) is -4.61. The smallest absolute Gasteiger partial charge is 0.293 e. The van der Waals surface area contributed by atoms with Crippen LogP contribution >= 0.6 is 0 Å². The van der Waals surface area contributed by atoms with E-state index in [4.69, 9.17) is 0 Å². The highest BCUT2D eigenvalue weighted by molar-refractivity contribution is 5.92. The maximum atomic E-state index is 13.2. The third-order valence-corrected chi connectivity index (χ3v) is 4.96. The molecule has 0 heterocycles. The topological polar surface area (TPSA) is 68.3 Å². The van der Waals surface area contributed by atoms with E-state index in [1.54, 1.807) is 30.3 Å². The Morgan fingerprint density at radius 2 is 0.915 bits per heavy atom. The van der Waals surface area contributed by atoms with Crippen molar-refractivity contribution < 1.29 is 76.3 Å². The van der Waals surface area contributed by atoms with Crippen molar-refractivity contribution in [1.29, 1.82) is 0 Å². The van der Waals surface area contributed by atoms with Crippen LogP contribution in [-0.4, -0.2) is 53.0 Å². The van der Waals surface area contributed by atoms with Crippen LogP contribution in [0.3, 0.4) is 0 Å². The first-order chi connectivity index (χ1) is 20.9. The van der Waals surface area contributed by atoms with Gasteiger partial charge in [-0.25, -0.2) is 0 Å². The van der Waals surface area contributed by atoms with E-state index < -0.39 is 70.9 Å². The molecule has 264 valence electrons. The van der Waals surface area contributed by atoms with Crippen molar-refractivity contribution in [2.45, 2.75) is 76.3 Å². The van der Waals surface area contributed by atoms with E-state index in [-0.39, 0.29) is 27.2 Å². The molecule has 0 amide bonds. The molecule has 0 aliphatic carbocycles. The standard InChI is InChI=1S/C10H8F4O.C10H10F2O.C5H6F4O.C5H5F3O/c1-9(11,12)8(15)10(13,14)7-5-3-2-4-6-7;1-10(11,12)9(13)7-8-5-3-2-4-6-8;1-4(6,7)3(10)5(2,8)9;1-2-3-4(9)5(6,7)8/h2-6H,1H3;2-6H,7H2,1H3;1-2H3;2H,1,3H2. The maximum absolute atomic E-state index is 13.2. The van der Waals surface area contributed by atoms with Gasteiger partial charge in [-0.1, -0.05) is 66.7 Å². The molecular weight excluding hydrogens is 671 g/mol. The summed E-state index contributed by atoms with van der Waals surface area (Å²) in [6.45, 7) is 4.07. The van der Waals surface area contributed by atoms with Crippen molar-refractivity contribution in [1.82, 2.24) is 0 Å². The number of hydrogen-bond donors (Lipinski definition) is 0. The molecule has 0 spiro atoms. The number of carbonyl (C=O) groups is 4. The average Bonchev–Trinajstić information content (AvgIpc) is 2.92. The van der Waals surface area contributed by atoms with Crippen molar-refractivity contribution in [3.8, 4) is 0 Å². The van der Waals surface area contributed by atoms with Gasteiger partial charge in [0.05, 0.1) is 0 Å². The predicted molar refractivity (Wildman–Crippen MR) is 144 cm³/mol. The lowest BCUT2D eigenvalue weighted by atomic mass is 10.0. The fourth-order valence-corrected chi connectivity index (χ4v) is 2.62. The van der Waals surface area contributed by atoms with Gasteiger partial charge in [-0.15, -0.1) is 6.58 Å². The molecule has 47 heavy (non-hydrogen) atoms. The molecule has 0 unspecified atom stereocenters. The largest absolute Gasteiger partial charge is 0.450 e. The van der Waals surface area contributed by atoms with Gasteiger partial charge >= 0.3 is 35.8 Å². The number of Topliss-reactive ketones (excluding diaryl/α,β-unsaturated/α-hetero) is 4. The minimum Gasteiger partial charge on any atom is -0.293 e. The molecule has 0 saturated carbocycles. The number of allylic oxidation sites excluding steroid dienone is 1. The van der Waals surface area contributed by atoms with Gasteiger partial charge in [-0.3, -0.25) is 19.2 Å². The number of ketones is 4. The first-order valence-corrected chi connectivity index (χ1v) is 12.7. The predicted octanol–water partition coefficient (Wildman–Crippen LogP) is 9.02. The van der Waals surface area contributed by atoms with E-state index in [1.165, 1.54) is 18.2 Å². The van der Waals surface area contributed by atoms with E-state index in [9.17, 15) is 76.3 Å². The molecule has 0 aromatic heterocycles. The minimum atomic E-state index is -4.70. The minimum absolute atomic E-state index is 0.146. The van der Waals surface area contributed by atoms with Crippen molar-refractivity contribution in [2.24, 2.45) is 0 Å². The van der Waals surface area contributed by atoms with Gasteiger partial charge in [-0.2, -0.15) is 57.1 Å². The van der Waals surface area contributed by atoms with Gasteiger partial charge in [0, 0.05) is 46.1 Å². The summed E-state index contributed by atoms with van der Waals surface area (Å²) in [7, 11) is 0. The van der Waals surface area contributed by atoms with Gasteiger partial charge in [0.1, 0.15) is 0 Å². The summed E-state index contributed by atoms with van der Waals surface area (Å²) in [6, 6.07) is 14.4. The van der Waals surface area contributed by atoms with Crippen LogP contribution in [0.15, 0.2) is 73.3 Å². The molecule has 0 saturated heterocycles. The van der Waals surface area contributed by atoms with E-state index in [2.05, 4.69) is 6.58 Å². The monoisotopic (exact) mass is 700 g/mol. The maximum Gasteiger partial charge on any atom is 0.450 e. The molecule has 0 radical (unpaired) electrons. The molecule has 0 N–H and O–H groups in total. The van der Waals surface area contributed by atoms with E-state index in [1.807, 2.05) is 0 Å². The second-order valence-electron chi connectivity index (χ2n) is 9.65. The van der Waals surface area contributed by atoms with Gasteiger partial charge < -0.3 is 0 Å². The molecule has 0 bridgehead atoms. The summed E-state index contributed by atoms with van der Waals surface area (Å²) in [4.78, 5) is 41.5. The Morgan fingerprint density at radius 1 is 0.553 bits per heavy atom. The quantitative estimate of drug-likeness (QED) is 0.183. The van der Waals surface area contributed by atoms with E-state index in [0.29, 0.717) is 12.5 Å². The zero-order valence-electron chi connectivity index (χ0n) is 25.0. The van der Waals surface area contributed by atoms with Crippen molar-refractivity contribution in [3.63, 3.8) is 0 Å². The molecule has 17 heteroatoms. The zero-order valence-corrected chi connectivity index (χ0v) is 25.0. The van der Waals surface area contributed by atoms with Gasteiger partial charge in [0.15, 0.2) is 0 Å². The Kier molecular flexibility index (Phi) is 17.0. The zero-order chi connectivity index (χ0) is 37.7. The molecule has 0 aliphatic heterocycles. The molecule has 0 atom stereocenters. The van der Waals surface area contributed by atoms with Crippen LogP contribution < -0.4 is 0 Å².